The van der Waals surface area contributed by atoms with Gasteiger partial charge in [-0.15, -0.1) is 0 Å². The number of hydrogen-bond acceptors (Lipinski definition) is 3. The molecule has 3 aromatic carbocycles. The minimum Gasteiger partial charge on any atom is -0.308 e. The van der Waals surface area contributed by atoms with Crippen molar-refractivity contribution in [1.29, 1.82) is 0 Å². The normalized spacial score (nSPS) is 13.6. The zero-order valence-electron chi connectivity index (χ0n) is 17.4. The molecule has 0 bridgehead atoms. The molecule has 0 radical (unpaired) electrons. The van der Waals surface area contributed by atoms with E-state index >= 15 is 0 Å². The highest BCUT2D eigenvalue weighted by molar-refractivity contribution is 7.92. The summed E-state index contributed by atoms with van der Waals surface area (Å²) < 4.78 is 26.2. The van der Waals surface area contributed by atoms with Crippen molar-refractivity contribution < 1.29 is 13.2 Å². The topological polar surface area (TPSA) is 66.5 Å². The lowest BCUT2D eigenvalue weighted by atomic mass is 9.92. The molecule has 0 aliphatic carbocycles. The van der Waals surface area contributed by atoms with Crippen molar-refractivity contribution in [2.75, 3.05) is 15.9 Å². The zero-order chi connectivity index (χ0) is 22.2. The predicted octanol–water partition coefficient (Wildman–Crippen LogP) is 5.03. The van der Waals surface area contributed by atoms with E-state index in [1.807, 2.05) is 42.5 Å². The molecule has 3 aromatic rings. The zero-order valence-corrected chi connectivity index (χ0v) is 18.9. The molecule has 5 nitrogen and oxygen atoms in total. The second-order valence-electron chi connectivity index (χ2n) is 7.78. The van der Waals surface area contributed by atoms with E-state index in [2.05, 4.69) is 10.8 Å². The molecule has 0 aromatic heterocycles. The molecule has 0 spiro atoms. The maximum absolute atomic E-state index is 12.4. The highest BCUT2D eigenvalue weighted by atomic mass is 35.5. The minimum absolute atomic E-state index is 0.0248. The maximum Gasteiger partial charge on any atom is 0.229 e. The van der Waals surface area contributed by atoms with E-state index in [9.17, 15) is 13.2 Å². The van der Waals surface area contributed by atoms with Crippen LogP contribution in [0.3, 0.4) is 0 Å². The average Bonchev–Trinajstić information content (AvgIpc) is 2.69. The summed E-state index contributed by atoms with van der Waals surface area (Å²) in [6.07, 6.45) is 2.69. The number of rotatable bonds is 3. The second-order valence-corrected chi connectivity index (χ2v) is 9.97. The van der Waals surface area contributed by atoms with E-state index < -0.39 is 10.0 Å². The summed E-state index contributed by atoms with van der Waals surface area (Å²) in [6.45, 7) is 2.05. The third-order valence-corrected chi connectivity index (χ3v) is 6.27. The number of fused-ring (bicyclic) bond motifs is 2. The van der Waals surface area contributed by atoms with Gasteiger partial charge in [0.2, 0.25) is 15.9 Å². The van der Waals surface area contributed by atoms with Crippen molar-refractivity contribution in [3.63, 3.8) is 0 Å². The molecule has 31 heavy (non-hydrogen) atoms. The Hall–Kier alpha value is -2.83. The molecule has 1 N–H and O–H groups in total. The number of sulfonamides is 1. The number of benzene rings is 3. The molecule has 1 amide bonds. The number of halogens is 1. The van der Waals surface area contributed by atoms with Gasteiger partial charge in [-0.3, -0.25) is 9.52 Å². The Labute approximate surface area is 187 Å². The Bertz CT molecular complexity index is 1270. The van der Waals surface area contributed by atoms with Gasteiger partial charge in [-0.2, -0.15) is 0 Å². The van der Waals surface area contributed by atoms with Crippen molar-refractivity contribution >= 4 is 38.9 Å². The van der Waals surface area contributed by atoms with Crippen LogP contribution in [-0.4, -0.2) is 20.6 Å². The average molecular weight is 455 g/mol. The van der Waals surface area contributed by atoms with Gasteiger partial charge < -0.3 is 4.90 Å². The summed E-state index contributed by atoms with van der Waals surface area (Å²) in [4.78, 5) is 14.2. The van der Waals surface area contributed by atoms with Crippen LogP contribution in [0.5, 0.6) is 0 Å². The fourth-order valence-electron chi connectivity index (χ4n) is 4.03. The quantitative estimate of drug-likeness (QED) is 0.603. The van der Waals surface area contributed by atoms with Gasteiger partial charge >= 0.3 is 0 Å². The van der Waals surface area contributed by atoms with Crippen molar-refractivity contribution in [3.05, 3.63) is 82.4 Å². The molecule has 0 fully saturated rings. The molecule has 0 atom stereocenters. The summed E-state index contributed by atoms with van der Waals surface area (Å²) in [5.41, 5.74) is 6.42. The van der Waals surface area contributed by atoms with Crippen molar-refractivity contribution in [1.82, 2.24) is 0 Å². The Balaban J connectivity index is 1.77. The van der Waals surface area contributed by atoms with E-state index in [4.69, 9.17) is 11.6 Å². The summed E-state index contributed by atoms with van der Waals surface area (Å²) in [5.74, 6) is -0.0248. The van der Waals surface area contributed by atoms with Gasteiger partial charge in [0.1, 0.15) is 0 Å². The molecule has 160 valence electrons. The molecular weight excluding hydrogens is 432 g/mol. The largest absolute Gasteiger partial charge is 0.308 e. The monoisotopic (exact) mass is 454 g/mol. The Kier molecular flexibility index (Phi) is 5.77. The minimum atomic E-state index is -3.40. The van der Waals surface area contributed by atoms with Crippen molar-refractivity contribution in [3.8, 4) is 11.1 Å². The van der Waals surface area contributed by atoms with Gasteiger partial charge in [0.15, 0.2) is 0 Å². The van der Waals surface area contributed by atoms with Crippen LogP contribution in [0.1, 0.15) is 23.6 Å². The third-order valence-electron chi connectivity index (χ3n) is 5.44. The number of carbonyl (C=O) groups is 1. The lowest BCUT2D eigenvalue weighted by molar-refractivity contribution is -0.116. The van der Waals surface area contributed by atoms with Crippen LogP contribution in [0, 0.1) is 0 Å². The van der Waals surface area contributed by atoms with E-state index in [0.717, 1.165) is 52.6 Å². The summed E-state index contributed by atoms with van der Waals surface area (Å²) >= 11 is 6.21. The van der Waals surface area contributed by atoms with Gasteiger partial charge in [-0.05, 0) is 59.4 Å². The maximum atomic E-state index is 12.4. The number of amides is 1. The van der Waals surface area contributed by atoms with Gasteiger partial charge in [-0.25, -0.2) is 8.42 Å². The highest BCUT2D eigenvalue weighted by Gasteiger charge is 2.21. The van der Waals surface area contributed by atoms with Crippen LogP contribution in [0.15, 0.2) is 60.7 Å². The molecule has 1 aliphatic rings. The molecule has 1 heterocycles. The molecule has 0 unspecified atom stereocenters. The number of nitrogens with zero attached hydrogens (tertiary/aromatic N) is 1. The fraction of sp³-hybridized carbons (Fsp3) is 0.208. The third kappa shape index (κ3) is 4.75. The van der Waals surface area contributed by atoms with Crippen molar-refractivity contribution in [2.45, 2.75) is 26.3 Å². The first-order valence-electron chi connectivity index (χ1n) is 9.97. The lowest BCUT2D eigenvalue weighted by Gasteiger charge is -2.28. The van der Waals surface area contributed by atoms with Crippen LogP contribution in [-0.2, 0) is 34.2 Å². The number of aryl methyl sites for hydroxylation is 2. The molecule has 7 heteroatoms. The van der Waals surface area contributed by atoms with Crippen LogP contribution in [0.25, 0.3) is 11.1 Å². The Morgan fingerprint density at radius 1 is 0.968 bits per heavy atom. The summed E-state index contributed by atoms with van der Waals surface area (Å²) in [7, 11) is -3.40. The molecular formula is C24H23ClN2O3S. The van der Waals surface area contributed by atoms with Gasteiger partial charge in [0.25, 0.3) is 0 Å². The summed E-state index contributed by atoms with van der Waals surface area (Å²) in [6, 6.07) is 19.1. The number of carbonyl (C=O) groups excluding carboxylic acids is 1. The predicted molar refractivity (Wildman–Crippen MR) is 126 cm³/mol. The van der Waals surface area contributed by atoms with Crippen LogP contribution < -0.4 is 9.62 Å². The van der Waals surface area contributed by atoms with Crippen LogP contribution in [0.4, 0.5) is 11.4 Å². The van der Waals surface area contributed by atoms with Crippen LogP contribution in [0.2, 0.25) is 5.02 Å². The standard InChI is InChI=1S/C24H23ClN2O3S/c1-16(28)27-15-20-10-8-18(22-5-3-4-6-23(22)26-31(2,29)30)13-17(20)7-9-19-14-21(25)11-12-24(19)27/h3-6,8,10-14,26H,7,9,15H2,1-2H3. The number of anilines is 2. The fourth-order valence-corrected chi connectivity index (χ4v) is 4.80. The highest BCUT2D eigenvalue weighted by Crippen LogP contribution is 2.34. The Morgan fingerprint density at radius 3 is 2.45 bits per heavy atom. The lowest BCUT2D eigenvalue weighted by Crippen LogP contribution is -2.30. The van der Waals surface area contributed by atoms with Gasteiger partial charge in [0.05, 0.1) is 18.5 Å². The number of nitrogens with one attached hydrogen (secondary N) is 1. The first-order valence-corrected chi connectivity index (χ1v) is 12.2. The smallest absolute Gasteiger partial charge is 0.229 e. The molecule has 1 aliphatic heterocycles. The first-order chi connectivity index (χ1) is 14.7. The Morgan fingerprint density at radius 2 is 1.71 bits per heavy atom. The molecule has 4 rings (SSSR count). The van der Waals surface area contributed by atoms with E-state index in [1.165, 1.54) is 0 Å². The van der Waals surface area contributed by atoms with Gasteiger partial charge in [-0.1, -0.05) is 48.0 Å². The second kappa shape index (κ2) is 8.36. The SMILES string of the molecule is CC(=O)N1Cc2ccc(-c3ccccc3NS(C)(=O)=O)cc2CCc2cc(Cl)ccc21. The summed E-state index contributed by atoms with van der Waals surface area (Å²) in [5, 5.41) is 0.651. The molecule has 0 saturated heterocycles. The number of hydrogen-bond donors (Lipinski definition) is 1. The van der Waals surface area contributed by atoms with Gasteiger partial charge in [0, 0.05) is 23.2 Å². The first kappa shape index (κ1) is 21.4. The van der Waals surface area contributed by atoms with E-state index in [0.29, 0.717) is 17.3 Å². The van der Waals surface area contributed by atoms with Crippen LogP contribution >= 0.6 is 11.6 Å². The van der Waals surface area contributed by atoms with Crippen molar-refractivity contribution in [2.24, 2.45) is 0 Å². The van der Waals surface area contributed by atoms with E-state index in [1.54, 1.807) is 24.0 Å². The number of para-hydroxylation sites is 1. The molecule has 0 saturated carbocycles. The van der Waals surface area contributed by atoms with E-state index in [-0.39, 0.29) is 5.91 Å².